The smallest absolute Gasteiger partial charge is 0.00681 e. The molecule has 0 radical (unpaired) electrons. The number of hydrogen-bond acceptors (Lipinski definition) is 1. The van der Waals surface area contributed by atoms with Crippen LogP contribution in [0.5, 0.6) is 0 Å². The van der Waals surface area contributed by atoms with Crippen molar-refractivity contribution >= 4 is 16.4 Å². The SMILES string of the molecule is C=S1CCN(CC(C)C)CC1. The van der Waals surface area contributed by atoms with Crippen molar-refractivity contribution < 1.29 is 0 Å². The van der Waals surface area contributed by atoms with Gasteiger partial charge in [0, 0.05) is 31.1 Å². The van der Waals surface area contributed by atoms with Crippen LogP contribution in [0.3, 0.4) is 0 Å². The van der Waals surface area contributed by atoms with Crippen molar-refractivity contribution in [1.82, 2.24) is 4.90 Å². The minimum absolute atomic E-state index is 0.483. The van der Waals surface area contributed by atoms with Crippen LogP contribution >= 0.6 is 10.5 Å². The topological polar surface area (TPSA) is 3.24 Å². The summed E-state index contributed by atoms with van der Waals surface area (Å²) in [5.74, 6) is 7.58. The van der Waals surface area contributed by atoms with Crippen LogP contribution in [0, 0.1) is 5.92 Å². The number of rotatable bonds is 2. The Morgan fingerprint density at radius 3 is 2.36 bits per heavy atom. The summed E-state index contributed by atoms with van der Waals surface area (Å²) in [5.41, 5.74) is 0. The zero-order valence-electron chi connectivity index (χ0n) is 7.68. The standard InChI is InChI=1S/C9H19NS/c1-9(2)8-10-4-6-11(3)7-5-10/h9H,3-8H2,1-2H3. The number of nitrogens with zero attached hydrogens (tertiary/aromatic N) is 1. The first kappa shape index (κ1) is 9.27. The predicted molar refractivity (Wildman–Crippen MR) is 55.7 cm³/mol. The first-order valence-electron chi connectivity index (χ1n) is 4.38. The molecule has 0 spiro atoms. The Morgan fingerprint density at radius 1 is 1.36 bits per heavy atom. The Morgan fingerprint density at radius 2 is 1.91 bits per heavy atom. The summed E-state index contributed by atoms with van der Waals surface area (Å²) in [6.45, 7) is 8.42. The Labute approximate surface area is 72.7 Å². The van der Waals surface area contributed by atoms with Crippen molar-refractivity contribution in [2.75, 3.05) is 31.1 Å². The molecule has 0 amide bonds. The van der Waals surface area contributed by atoms with Gasteiger partial charge < -0.3 is 4.90 Å². The van der Waals surface area contributed by atoms with Gasteiger partial charge in [-0.25, -0.2) is 0 Å². The quantitative estimate of drug-likeness (QED) is 0.574. The number of hydrogen-bond donors (Lipinski definition) is 0. The van der Waals surface area contributed by atoms with E-state index in [1.165, 1.54) is 31.1 Å². The fourth-order valence-electron chi connectivity index (χ4n) is 1.43. The van der Waals surface area contributed by atoms with Crippen molar-refractivity contribution in [3.8, 4) is 0 Å². The molecule has 0 aromatic carbocycles. The van der Waals surface area contributed by atoms with Crippen molar-refractivity contribution in [2.45, 2.75) is 13.8 Å². The average molecular weight is 173 g/mol. The molecule has 0 saturated carbocycles. The van der Waals surface area contributed by atoms with Gasteiger partial charge in [0.25, 0.3) is 0 Å². The molecule has 0 N–H and O–H groups in total. The summed E-state index contributed by atoms with van der Waals surface area (Å²) in [4.78, 5) is 2.57. The highest BCUT2D eigenvalue weighted by Gasteiger charge is 2.11. The van der Waals surface area contributed by atoms with E-state index in [9.17, 15) is 0 Å². The normalized spacial score (nSPS) is 22.8. The van der Waals surface area contributed by atoms with Crippen LogP contribution in [0.25, 0.3) is 0 Å². The molecule has 1 heterocycles. The van der Waals surface area contributed by atoms with Crippen LogP contribution < -0.4 is 0 Å². The van der Waals surface area contributed by atoms with E-state index in [0.717, 1.165) is 5.92 Å². The lowest BCUT2D eigenvalue weighted by atomic mass is 10.2. The van der Waals surface area contributed by atoms with Gasteiger partial charge in [0.05, 0.1) is 0 Å². The van der Waals surface area contributed by atoms with Gasteiger partial charge in [-0.3, -0.25) is 0 Å². The summed E-state index contributed by atoms with van der Waals surface area (Å²) >= 11 is 0. The minimum atomic E-state index is 0.483. The third-order valence-corrected chi connectivity index (χ3v) is 3.54. The fraction of sp³-hybridized carbons (Fsp3) is 0.889. The molecule has 0 unspecified atom stereocenters. The maximum Gasteiger partial charge on any atom is 0.00681 e. The molecule has 0 bridgehead atoms. The molecule has 0 aromatic heterocycles. The van der Waals surface area contributed by atoms with E-state index in [4.69, 9.17) is 0 Å². The predicted octanol–water partition coefficient (Wildman–Crippen LogP) is 1.66. The molecular weight excluding hydrogens is 154 g/mol. The second-order valence-corrected chi connectivity index (χ2v) is 5.76. The van der Waals surface area contributed by atoms with E-state index < -0.39 is 0 Å². The van der Waals surface area contributed by atoms with Gasteiger partial charge in [0.2, 0.25) is 0 Å². The van der Waals surface area contributed by atoms with Gasteiger partial charge in [0.15, 0.2) is 0 Å². The Kier molecular flexibility index (Phi) is 3.60. The summed E-state index contributed by atoms with van der Waals surface area (Å²) < 4.78 is 0. The van der Waals surface area contributed by atoms with Crippen LogP contribution in [0.2, 0.25) is 0 Å². The van der Waals surface area contributed by atoms with Crippen LogP contribution in [-0.2, 0) is 0 Å². The monoisotopic (exact) mass is 173 g/mol. The van der Waals surface area contributed by atoms with E-state index in [-0.39, 0.29) is 0 Å². The summed E-state index contributed by atoms with van der Waals surface area (Å²) in [6.07, 6.45) is 0. The molecule has 66 valence electrons. The maximum atomic E-state index is 4.11. The van der Waals surface area contributed by atoms with Crippen molar-refractivity contribution in [3.05, 3.63) is 0 Å². The molecule has 0 aromatic rings. The summed E-state index contributed by atoms with van der Waals surface area (Å²) in [6, 6.07) is 0. The third kappa shape index (κ3) is 3.39. The van der Waals surface area contributed by atoms with E-state index in [1.54, 1.807) is 0 Å². The lowest BCUT2D eigenvalue weighted by Gasteiger charge is -2.29. The molecule has 1 fully saturated rings. The first-order chi connectivity index (χ1) is 5.18. The molecule has 0 aliphatic carbocycles. The zero-order chi connectivity index (χ0) is 8.27. The van der Waals surface area contributed by atoms with Gasteiger partial charge in [-0.05, 0) is 5.92 Å². The average Bonchev–Trinajstić information content (AvgIpc) is 1.93. The van der Waals surface area contributed by atoms with Gasteiger partial charge >= 0.3 is 0 Å². The second-order valence-electron chi connectivity index (χ2n) is 3.72. The van der Waals surface area contributed by atoms with Gasteiger partial charge in [-0.2, -0.15) is 10.5 Å². The highest BCUT2D eigenvalue weighted by Crippen LogP contribution is 2.15. The van der Waals surface area contributed by atoms with Gasteiger partial charge in [0.1, 0.15) is 0 Å². The van der Waals surface area contributed by atoms with Gasteiger partial charge in [-0.1, -0.05) is 19.7 Å². The van der Waals surface area contributed by atoms with E-state index in [0.29, 0.717) is 10.5 Å². The molecule has 1 rings (SSSR count). The van der Waals surface area contributed by atoms with Crippen molar-refractivity contribution in [2.24, 2.45) is 5.92 Å². The highest BCUT2D eigenvalue weighted by molar-refractivity contribution is 8.14. The summed E-state index contributed by atoms with van der Waals surface area (Å²) in [7, 11) is 0.483. The van der Waals surface area contributed by atoms with Crippen LogP contribution in [0.1, 0.15) is 13.8 Å². The fourth-order valence-corrected chi connectivity index (χ4v) is 2.67. The zero-order valence-corrected chi connectivity index (χ0v) is 8.49. The lowest BCUT2D eigenvalue weighted by Crippen LogP contribution is -2.36. The van der Waals surface area contributed by atoms with E-state index in [2.05, 4.69) is 24.6 Å². The van der Waals surface area contributed by atoms with Crippen molar-refractivity contribution in [1.29, 1.82) is 0 Å². The highest BCUT2D eigenvalue weighted by atomic mass is 32.2. The summed E-state index contributed by atoms with van der Waals surface area (Å²) in [5, 5.41) is 0. The first-order valence-corrected chi connectivity index (χ1v) is 6.11. The van der Waals surface area contributed by atoms with Crippen LogP contribution in [0.4, 0.5) is 0 Å². The maximum absolute atomic E-state index is 4.11. The van der Waals surface area contributed by atoms with E-state index in [1.807, 2.05) is 0 Å². The molecule has 11 heavy (non-hydrogen) atoms. The molecule has 1 saturated heterocycles. The molecule has 2 heteroatoms. The van der Waals surface area contributed by atoms with Gasteiger partial charge in [-0.15, -0.1) is 0 Å². The molecule has 1 nitrogen and oxygen atoms in total. The Hall–Kier alpha value is 0.180. The Balaban J connectivity index is 2.22. The van der Waals surface area contributed by atoms with Crippen molar-refractivity contribution in [3.63, 3.8) is 0 Å². The largest absolute Gasteiger partial charge is 0.301 e. The van der Waals surface area contributed by atoms with E-state index >= 15 is 0 Å². The second kappa shape index (κ2) is 4.27. The third-order valence-electron chi connectivity index (χ3n) is 2.02. The Bertz CT molecular complexity index is 132. The molecule has 1 aliphatic rings. The lowest BCUT2D eigenvalue weighted by molar-refractivity contribution is 0.268. The van der Waals surface area contributed by atoms with Crippen LogP contribution in [0.15, 0.2) is 0 Å². The molecular formula is C9H19NS. The minimum Gasteiger partial charge on any atom is -0.301 e. The molecule has 1 aliphatic heterocycles. The van der Waals surface area contributed by atoms with Crippen LogP contribution in [-0.4, -0.2) is 41.9 Å². The molecule has 0 atom stereocenters.